The van der Waals surface area contributed by atoms with E-state index in [0.717, 1.165) is 6.07 Å². The maximum Gasteiger partial charge on any atom is 0.126 e. The molecule has 0 aliphatic heterocycles. The quantitative estimate of drug-likeness (QED) is 0.890. The lowest BCUT2D eigenvalue weighted by atomic mass is 9.98. The van der Waals surface area contributed by atoms with Crippen molar-refractivity contribution in [3.63, 3.8) is 0 Å². The average Bonchev–Trinajstić information content (AvgIpc) is 2.33. The first-order chi connectivity index (χ1) is 9.01. The van der Waals surface area contributed by atoms with Gasteiger partial charge in [-0.1, -0.05) is 15.9 Å². The second-order valence-electron chi connectivity index (χ2n) is 4.09. The van der Waals surface area contributed by atoms with E-state index in [1.807, 2.05) is 0 Å². The lowest BCUT2D eigenvalue weighted by molar-refractivity contribution is 0.570. The molecule has 2 aromatic carbocycles. The normalized spacial score (nSPS) is 12.5. The Hall–Kier alpha value is -1.33. The van der Waals surface area contributed by atoms with Gasteiger partial charge in [-0.2, -0.15) is 0 Å². The lowest BCUT2D eigenvalue weighted by Gasteiger charge is -2.19. The Morgan fingerprint density at radius 1 is 0.947 bits per heavy atom. The zero-order valence-electron chi connectivity index (χ0n) is 10.1. The molecule has 2 aromatic rings. The monoisotopic (exact) mass is 329 g/mol. The highest BCUT2D eigenvalue weighted by atomic mass is 79.9. The van der Waals surface area contributed by atoms with Gasteiger partial charge in [-0.3, -0.25) is 0 Å². The largest absolute Gasteiger partial charge is 0.309 e. The highest BCUT2D eigenvalue weighted by molar-refractivity contribution is 9.10. The van der Waals surface area contributed by atoms with Gasteiger partial charge in [0.2, 0.25) is 0 Å². The molecule has 0 saturated carbocycles. The van der Waals surface area contributed by atoms with Crippen LogP contribution in [0, 0.1) is 17.5 Å². The molecule has 1 atom stereocenters. The number of hydrogen-bond acceptors (Lipinski definition) is 1. The molecule has 1 unspecified atom stereocenters. The molecular formula is C14H11BrF3N. The molecule has 0 radical (unpaired) electrons. The molecule has 2 rings (SSSR count). The molecule has 0 aliphatic carbocycles. The van der Waals surface area contributed by atoms with Gasteiger partial charge in [0.15, 0.2) is 0 Å². The molecule has 0 heterocycles. The molecule has 0 bridgehead atoms. The Bertz CT molecular complexity index is 581. The lowest BCUT2D eigenvalue weighted by Crippen LogP contribution is -2.18. The van der Waals surface area contributed by atoms with Crippen LogP contribution in [0.4, 0.5) is 13.2 Å². The summed E-state index contributed by atoms with van der Waals surface area (Å²) in [5.41, 5.74) is 0.971. The Morgan fingerprint density at radius 2 is 1.58 bits per heavy atom. The van der Waals surface area contributed by atoms with Crippen molar-refractivity contribution >= 4 is 15.9 Å². The van der Waals surface area contributed by atoms with Crippen LogP contribution in [0.3, 0.4) is 0 Å². The third-order valence-electron chi connectivity index (χ3n) is 2.78. The van der Waals surface area contributed by atoms with E-state index in [0.29, 0.717) is 15.6 Å². The zero-order valence-corrected chi connectivity index (χ0v) is 11.6. The SMILES string of the molecule is CNC(c1cc(F)cc(F)c1)c1cc(F)ccc1Br. The standard InChI is InChI=1S/C14H11BrF3N/c1-19-14(8-4-10(17)6-11(18)5-8)12-7-9(16)2-3-13(12)15/h2-7,14,19H,1H3. The van der Waals surface area contributed by atoms with Crippen LogP contribution in [0.15, 0.2) is 40.9 Å². The third kappa shape index (κ3) is 3.16. The summed E-state index contributed by atoms with van der Waals surface area (Å²) in [6, 6.07) is 6.95. The molecule has 100 valence electrons. The summed E-state index contributed by atoms with van der Waals surface area (Å²) in [4.78, 5) is 0. The minimum absolute atomic E-state index is 0.395. The van der Waals surface area contributed by atoms with Crippen LogP contribution in [0.25, 0.3) is 0 Å². The van der Waals surface area contributed by atoms with Gasteiger partial charge in [0, 0.05) is 10.5 Å². The molecule has 0 fully saturated rings. The summed E-state index contributed by atoms with van der Waals surface area (Å²) in [7, 11) is 1.64. The molecule has 1 N–H and O–H groups in total. The van der Waals surface area contributed by atoms with Crippen molar-refractivity contribution < 1.29 is 13.2 Å². The van der Waals surface area contributed by atoms with Gasteiger partial charge >= 0.3 is 0 Å². The Balaban J connectivity index is 2.52. The van der Waals surface area contributed by atoms with Crippen LogP contribution < -0.4 is 5.32 Å². The van der Waals surface area contributed by atoms with E-state index in [4.69, 9.17) is 0 Å². The van der Waals surface area contributed by atoms with Crippen molar-refractivity contribution in [3.05, 3.63) is 69.4 Å². The minimum atomic E-state index is -0.664. The van der Waals surface area contributed by atoms with E-state index < -0.39 is 23.5 Å². The van der Waals surface area contributed by atoms with Crippen molar-refractivity contribution in [2.24, 2.45) is 0 Å². The fourth-order valence-corrected chi connectivity index (χ4v) is 2.45. The molecule has 19 heavy (non-hydrogen) atoms. The summed E-state index contributed by atoms with van der Waals surface area (Å²) in [5, 5.41) is 2.93. The molecular weight excluding hydrogens is 319 g/mol. The highest BCUT2D eigenvalue weighted by Crippen LogP contribution is 2.29. The fraction of sp³-hybridized carbons (Fsp3) is 0.143. The van der Waals surface area contributed by atoms with Gasteiger partial charge in [-0.05, 0) is 48.5 Å². The van der Waals surface area contributed by atoms with Crippen LogP contribution in [0.1, 0.15) is 17.2 Å². The van der Waals surface area contributed by atoms with Crippen LogP contribution in [-0.4, -0.2) is 7.05 Å². The first-order valence-corrected chi connectivity index (χ1v) is 6.39. The predicted octanol–water partition coefficient (Wildman–Crippen LogP) is 4.18. The van der Waals surface area contributed by atoms with Gasteiger partial charge < -0.3 is 5.32 Å². The van der Waals surface area contributed by atoms with Gasteiger partial charge in [-0.15, -0.1) is 0 Å². The number of nitrogens with one attached hydrogen (secondary N) is 1. The number of hydrogen-bond donors (Lipinski definition) is 1. The summed E-state index contributed by atoms with van der Waals surface area (Å²) < 4.78 is 40.5. The minimum Gasteiger partial charge on any atom is -0.309 e. The molecule has 0 amide bonds. The number of benzene rings is 2. The molecule has 0 spiro atoms. The highest BCUT2D eigenvalue weighted by Gasteiger charge is 2.17. The first kappa shape index (κ1) is 14.1. The van der Waals surface area contributed by atoms with Gasteiger partial charge in [0.1, 0.15) is 17.5 Å². The summed E-state index contributed by atoms with van der Waals surface area (Å²) in [5.74, 6) is -1.74. The molecule has 0 saturated heterocycles. The van der Waals surface area contributed by atoms with Crippen LogP contribution in [-0.2, 0) is 0 Å². The van der Waals surface area contributed by atoms with Gasteiger partial charge in [0.05, 0.1) is 6.04 Å². The van der Waals surface area contributed by atoms with E-state index in [-0.39, 0.29) is 0 Å². The van der Waals surface area contributed by atoms with Crippen molar-refractivity contribution in [2.45, 2.75) is 6.04 Å². The maximum absolute atomic E-state index is 13.3. The Morgan fingerprint density at radius 3 is 2.16 bits per heavy atom. The van der Waals surface area contributed by atoms with Gasteiger partial charge in [-0.25, -0.2) is 13.2 Å². The summed E-state index contributed by atoms with van der Waals surface area (Å²) in [6.07, 6.45) is 0. The molecule has 0 aliphatic rings. The molecule has 1 nitrogen and oxygen atoms in total. The molecule has 5 heteroatoms. The zero-order chi connectivity index (χ0) is 14.0. The smallest absolute Gasteiger partial charge is 0.126 e. The van der Waals surface area contributed by atoms with Crippen molar-refractivity contribution in [1.29, 1.82) is 0 Å². The van der Waals surface area contributed by atoms with E-state index in [2.05, 4.69) is 21.2 Å². The van der Waals surface area contributed by atoms with E-state index in [1.165, 1.54) is 24.3 Å². The van der Waals surface area contributed by atoms with E-state index in [1.54, 1.807) is 13.1 Å². The summed E-state index contributed by atoms with van der Waals surface area (Å²) >= 11 is 3.31. The van der Waals surface area contributed by atoms with Crippen LogP contribution in [0.2, 0.25) is 0 Å². The number of rotatable bonds is 3. The van der Waals surface area contributed by atoms with E-state index in [9.17, 15) is 13.2 Å². The Kier molecular flexibility index (Phi) is 4.27. The predicted molar refractivity (Wildman–Crippen MR) is 71.4 cm³/mol. The number of halogens is 4. The Labute approximate surface area is 117 Å². The fourth-order valence-electron chi connectivity index (χ4n) is 1.98. The van der Waals surface area contributed by atoms with Crippen molar-refractivity contribution in [1.82, 2.24) is 5.32 Å². The van der Waals surface area contributed by atoms with Gasteiger partial charge in [0.25, 0.3) is 0 Å². The topological polar surface area (TPSA) is 12.0 Å². The van der Waals surface area contributed by atoms with E-state index >= 15 is 0 Å². The maximum atomic E-state index is 13.3. The van der Waals surface area contributed by atoms with Crippen LogP contribution >= 0.6 is 15.9 Å². The van der Waals surface area contributed by atoms with Crippen LogP contribution in [0.5, 0.6) is 0 Å². The van der Waals surface area contributed by atoms with Crippen molar-refractivity contribution in [2.75, 3.05) is 7.05 Å². The first-order valence-electron chi connectivity index (χ1n) is 5.59. The second-order valence-corrected chi connectivity index (χ2v) is 4.94. The average molecular weight is 330 g/mol. The molecule has 0 aromatic heterocycles. The van der Waals surface area contributed by atoms with Crippen molar-refractivity contribution in [3.8, 4) is 0 Å². The second kappa shape index (κ2) is 5.75. The third-order valence-corrected chi connectivity index (χ3v) is 3.50. The summed E-state index contributed by atoms with van der Waals surface area (Å²) in [6.45, 7) is 0.